The lowest BCUT2D eigenvalue weighted by atomic mass is 9.62. The van der Waals surface area contributed by atoms with Crippen LogP contribution in [0.2, 0.25) is 0 Å². The maximum atomic E-state index is 10.3. The summed E-state index contributed by atoms with van der Waals surface area (Å²) in [5, 5.41) is 22.0. The summed E-state index contributed by atoms with van der Waals surface area (Å²) >= 11 is 0. The van der Waals surface area contributed by atoms with Crippen molar-refractivity contribution in [3.05, 3.63) is 108 Å². The molecule has 0 spiro atoms. The normalized spacial score (nSPS) is 39.6. The molecule has 0 radical (unpaired) electrons. The predicted octanol–water partition coefficient (Wildman–Crippen LogP) is 7.61. The number of hydrogen-bond acceptors (Lipinski definition) is 4. The second kappa shape index (κ2) is 12.7. The van der Waals surface area contributed by atoms with E-state index in [2.05, 4.69) is 113 Å². The summed E-state index contributed by atoms with van der Waals surface area (Å²) in [7, 11) is 0. The zero-order valence-corrected chi connectivity index (χ0v) is 24.7. The first-order valence-corrected chi connectivity index (χ1v) is 16.6. The maximum Gasteiger partial charge on any atom is 0.0859 e. The predicted molar refractivity (Wildman–Crippen MR) is 170 cm³/mol. The Balaban J connectivity index is 1.09. The lowest BCUT2D eigenvalue weighted by molar-refractivity contribution is 0.129. The Kier molecular flexibility index (Phi) is 8.43. The fourth-order valence-electron chi connectivity index (χ4n) is 8.57. The van der Waals surface area contributed by atoms with Gasteiger partial charge in [-0.1, -0.05) is 96.7 Å². The van der Waals surface area contributed by atoms with Crippen molar-refractivity contribution in [3.8, 4) is 6.07 Å². The van der Waals surface area contributed by atoms with Gasteiger partial charge < -0.3 is 0 Å². The Bertz CT molecular complexity index is 1330. The number of nitrogens with one attached hydrogen (secondary N) is 3. The summed E-state index contributed by atoms with van der Waals surface area (Å²) in [6.45, 7) is 0. The van der Waals surface area contributed by atoms with Crippen molar-refractivity contribution in [1.29, 1.82) is 5.26 Å². The highest BCUT2D eigenvalue weighted by atomic mass is 15.4. The Labute approximate surface area is 252 Å². The number of benzene rings is 1. The molecule has 4 heteroatoms. The van der Waals surface area contributed by atoms with Crippen LogP contribution < -0.4 is 16.0 Å². The molecule has 1 saturated carbocycles. The van der Waals surface area contributed by atoms with Gasteiger partial charge in [0.2, 0.25) is 0 Å². The monoisotopic (exact) mass is 558 g/mol. The summed E-state index contributed by atoms with van der Waals surface area (Å²) in [6, 6.07) is 13.6. The minimum absolute atomic E-state index is 0.108. The van der Waals surface area contributed by atoms with E-state index >= 15 is 0 Å². The first-order valence-electron chi connectivity index (χ1n) is 16.6. The first kappa shape index (κ1) is 27.8. The van der Waals surface area contributed by atoms with Crippen molar-refractivity contribution in [2.45, 2.75) is 76.3 Å². The lowest BCUT2D eigenvalue weighted by Crippen LogP contribution is -2.67. The van der Waals surface area contributed by atoms with Crippen LogP contribution in [0.25, 0.3) is 0 Å². The molecule has 1 heterocycles. The smallest absolute Gasteiger partial charge is 0.0859 e. The Morgan fingerprint density at radius 1 is 0.810 bits per heavy atom. The van der Waals surface area contributed by atoms with Gasteiger partial charge >= 0.3 is 0 Å². The molecule has 2 fully saturated rings. The van der Waals surface area contributed by atoms with Gasteiger partial charge in [0, 0.05) is 17.8 Å². The summed E-state index contributed by atoms with van der Waals surface area (Å²) in [4.78, 5) is 0. The molecule has 5 aliphatic carbocycles. The standard InChI is InChI=1S/C38H46N4/c39-25-34-24-32(28-18-16-27(17-19-28)26-10-4-1-5-11-26)23-33-22-31(20-21-35(33)34)38-41-36(29-12-6-2-7-13-29)40-37(42-38)30-14-8-3-9-15-30/h2-4,6-10,12-14,16-18,22,26,28,30-32,34-38,40-42H,1,5,11,15,19-21,23-24H2. The van der Waals surface area contributed by atoms with Crippen LogP contribution in [0.4, 0.5) is 0 Å². The zero-order valence-electron chi connectivity index (χ0n) is 24.7. The van der Waals surface area contributed by atoms with Crippen molar-refractivity contribution in [2.75, 3.05) is 0 Å². The average Bonchev–Trinajstić information content (AvgIpc) is 3.08. The molecular weight excluding hydrogens is 512 g/mol. The molecule has 4 nitrogen and oxygen atoms in total. The Hall–Kier alpha value is -2.97. The van der Waals surface area contributed by atoms with Crippen LogP contribution in [0.3, 0.4) is 0 Å². The molecule has 10 unspecified atom stereocenters. The van der Waals surface area contributed by atoms with Gasteiger partial charge in [-0.15, -0.1) is 0 Å². The summed E-state index contributed by atoms with van der Waals surface area (Å²) in [6.07, 6.45) is 34.7. The van der Waals surface area contributed by atoms with Crippen LogP contribution in [0.5, 0.6) is 0 Å². The molecule has 218 valence electrons. The van der Waals surface area contributed by atoms with Gasteiger partial charge in [-0.25, -0.2) is 0 Å². The van der Waals surface area contributed by atoms with Crippen LogP contribution in [-0.2, 0) is 0 Å². The Morgan fingerprint density at radius 3 is 2.43 bits per heavy atom. The van der Waals surface area contributed by atoms with Gasteiger partial charge in [-0.2, -0.15) is 5.26 Å². The molecule has 0 aromatic heterocycles. The van der Waals surface area contributed by atoms with Gasteiger partial charge in [-0.05, 0) is 86.7 Å². The van der Waals surface area contributed by atoms with Gasteiger partial charge in [0.15, 0.2) is 0 Å². The molecule has 1 saturated heterocycles. The third-order valence-corrected chi connectivity index (χ3v) is 10.9. The molecule has 10 atom stereocenters. The first-order chi connectivity index (χ1) is 20.7. The van der Waals surface area contributed by atoms with Crippen molar-refractivity contribution in [3.63, 3.8) is 0 Å². The van der Waals surface area contributed by atoms with Crippen molar-refractivity contribution in [1.82, 2.24) is 16.0 Å². The number of fused-ring (bicyclic) bond motifs is 1. The highest BCUT2D eigenvalue weighted by Gasteiger charge is 2.42. The number of nitrogens with zero attached hydrogens (tertiary/aromatic N) is 1. The van der Waals surface area contributed by atoms with E-state index in [9.17, 15) is 5.26 Å². The van der Waals surface area contributed by atoms with E-state index in [1.807, 2.05) is 0 Å². The fraction of sp³-hybridized carbons (Fsp3) is 0.500. The molecule has 1 aromatic rings. The number of nitriles is 1. The van der Waals surface area contributed by atoms with Crippen LogP contribution in [0.15, 0.2) is 102 Å². The molecule has 42 heavy (non-hydrogen) atoms. The molecular formula is C38H46N4. The van der Waals surface area contributed by atoms with Gasteiger partial charge in [0.05, 0.1) is 30.5 Å². The van der Waals surface area contributed by atoms with E-state index in [1.54, 1.807) is 5.57 Å². The fourth-order valence-corrected chi connectivity index (χ4v) is 8.57. The second-order valence-corrected chi connectivity index (χ2v) is 13.5. The maximum absolute atomic E-state index is 10.3. The number of hydrogen-bond donors (Lipinski definition) is 3. The SMILES string of the molecule is N#CC1CC(C2C=CC(C3C=CCCC3)=CC2)CC2=CC(C3NC(c4ccccc4)NC(C4C=CC=CC4)N3)CCC21. The third-order valence-electron chi connectivity index (χ3n) is 10.9. The molecule has 6 aliphatic rings. The van der Waals surface area contributed by atoms with Crippen LogP contribution in [-0.4, -0.2) is 12.3 Å². The van der Waals surface area contributed by atoms with Gasteiger partial charge in [0.1, 0.15) is 0 Å². The van der Waals surface area contributed by atoms with E-state index in [0.717, 1.165) is 38.5 Å². The third kappa shape index (κ3) is 5.93. The highest BCUT2D eigenvalue weighted by Crippen LogP contribution is 2.48. The van der Waals surface area contributed by atoms with Crippen LogP contribution in [0.1, 0.15) is 69.5 Å². The minimum Gasteiger partial charge on any atom is -0.285 e. The molecule has 3 N–H and O–H groups in total. The van der Waals surface area contributed by atoms with Crippen LogP contribution >= 0.6 is 0 Å². The quantitative estimate of drug-likeness (QED) is 0.326. The van der Waals surface area contributed by atoms with Gasteiger partial charge in [-0.3, -0.25) is 16.0 Å². The molecule has 0 bridgehead atoms. The van der Waals surface area contributed by atoms with Gasteiger partial charge in [0.25, 0.3) is 0 Å². The van der Waals surface area contributed by atoms with Crippen molar-refractivity contribution < 1.29 is 0 Å². The van der Waals surface area contributed by atoms with Crippen molar-refractivity contribution in [2.24, 2.45) is 41.4 Å². The van der Waals surface area contributed by atoms with Crippen LogP contribution in [0, 0.1) is 52.8 Å². The highest BCUT2D eigenvalue weighted by molar-refractivity contribution is 5.31. The Morgan fingerprint density at radius 2 is 1.69 bits per heavy atom. The largest absolute Gasteiger partial charge is 0.285 e. The van der Waals surface area contributed by atoms with E-state index in [-0.39, 0.29) is 24.4 Å². The van der Waals surface area contributed by atoms with E-state index < -0.39 is 0 Å². The van der Waals surface area contributed by atoms with E-state index in [0.29, 0.717) is 35.5 Å². The molecule has 0 amide bonds. The number of allylic oxidation sites excluding steroid dienone is 10. The van der Waals surface area contributed by atoms with E-state index in [1.165, 1.54) is 30.4 Å². The number of rotatable bonds is 5. The lowest BCUT2D eigenvalue weighted by Gasteiger charge is -2.47. The zero-order chi connectivity index (χ0) is 28.3. The molecule has 1 aromatic carbocycles. The van der Waals surface area contributed by atoms with E-state index in [4.69, 9.17) is 0 Å². The van der Waals surface area contributed by atoms with Crippen molar-refractivity contribution >= 4 is 0 Å². The molecule has 1 aliphatic heterocycles. The second-order valence-electron chi connectivity index (χ2n) is 13.5. The summed E-state index contributed by atoms with van der Waals surface area (Å²) in [5.41, 5.74) is 4.36. The topological polar surface area (TPSA) is 59.9 Å². The molecule has 7 rings (SSSR count). The summed E-state index contributed by atoms with van der Waals surface area (Å²) < 4.78 is 0. The summed E-state index contributed by atoms with van der Waals surface area (Å²) in [5.74, 6) is 3.14. The minimum atomic E-state index is 0.108. The average molecular weight is 559 g/mol.